The second kappa shape index (κ2) is 8.99. The van der Waals surface area contributed by atoms with E-state index >= 15 is 0 Å². The molecule has 0 aliphatic carbocycles. The minimum Gasteiger partial charge on any atom is -0.379 e. The number of hydrogen-bond donors (Lipinski definition) is 2. The van der Waals surface area contributed by atoms with E-state index in [0.29, 0.717) is 0 Å². The van der Waals surface area contributed by atoms with Gasteiger partial charge in [0.15, 0.2) is 5.96 Å². The average molecular weight is 333 g/mol. The Morgan fingerprint density at radius 1 is 1.33 bits per heavy atom. The molecule has 2 N–H and O–H groups in total. The molecule has 1 aliphatic heterocycles. The van der Waals surface area contributed by atoms with Crippen molar-refractivity contribution in [2.45, 2.75) is 32.7 Å². The smallest absolute Gasteiger partial charge is 0.191 e. The Labute approximate surface area is 145 Å². The quantitative estimate of drug-likeness (QED) is 0.605. The maximum absolute atomic E-state index is 5.44. The summed E-state index contributed by atoms with van der Waals surface area (Å²) in [7, 11) is 1.81. The monoisotopic (exact) mass is 333 g/mol. The standard InChI is InChI=1S/C18H31N5O/c1-15-13-20-7-5-16(15)6-8-21-17(19-4)22-14-18(2,3)23-9-11-24-12-10-23/h5,7,13H,6,8-12,14H2,1-4H3,(H2,19,21,22). The molecule has 1 aliphatic rings. The molecule has 0 amide bonds. The van der Waals surface area contributed by atoms with Crippen LogP contribution in [0.2, 0.25) is 0 Å². The number of aliphatic imine (C=N–C) groups is 1. The lowest BCUT2D eigenvalue weighted by Crippen LogP contribution is -2.56. The van der Waals surface area contributed by atoms with Crippen molar-refractivity contribution in [3.63, 3.8) is 0 Å². The van der Waals surface area contributed by atoms with Gasteiger partial charge in [0.2, 0.25) is 0 Å². The van der Waals surface area contributed by atoms with Crippen molar-refractivity contribution >= 4 is 5.96 Å². The van der Waals surface area contributed by atoms with Gasteiger partial charge >= 0.3 is 0 Å². The molecule has 1 saturated heterocycles. The number of aryl methyl sites for hydroxylation is 1. The molecule has 0 spiro atoms. The predicted octanol–water partition coefficient (Wildman–Crippen LogP) is 1.21. The maximum atomic E-state index is 5.44. The summed E-state index contributed by atoms with van der Waals surface area (Å²) in [5.74, 6) is 0.850. The van der Waals surface area contributed by atoms with Gasteiger partial charge in [-0.25, -0.2) is 0 Å². The molecule has 0 unspecified atom stereocenters. The fraction of sp³-hybridized carbons (Fsp3) is 0.667. The number of aromatic nitrogens is 1. The number of rotatable bonds is 6. The van der Waals surface area contributed by atoms with Crippen molar-refractivity contribution in [1.82, 2.24) is 20.5 Å². The number of guanidine groups is 1. The zero-order chi connectivity index (χ0) is 17.4. The Morgan fingerprint density at radius 2 is 2.08 bits per heavy atom. The Kier molecular flexibility index (Phi) is 6.99. The topological polar surface area (TPSA) is 61.8 Å². The Hall–Kier alpha value is -1.66. The fourth-order valence-electron chi connectivity index (χ4n) is 2.90. The lowest BCUT2D eigenvalue weighted by Gasteiger charge is -2.41. The SMILES string of the molecule is CN=C(NCCc1ccncc1C)NCC(C)(C)N1CCOCC1. The van der Waals surface area contributed by atoms with Crippen LogP contribution in [0.1, 0.15) is 25.0 Å². The van der Waals surface area contributed by atoms with E-state index < -0.39 is 0 Å². The highest BCUT2D eigenvalue weighted by molar-refractivity contribution is 5.79. The van der Waals surface area contributed by atoms with Crippen LogP contribution < -0.4 is 10.6 Å². The van der Waals surface area contributed by atoms with Crippen molar-refractivity contribution in [3.05, 3.63) is 29.6 Å². The van der Waals surface area contributed by atoms with Crippen LogP contribution >= 0.6 is 0 Å². The largest absolute Gasteiger partial charge is 0.379 e. The van der Waals surface area contributed by atoms with Gasteiger partial charge in [-0.15, -0.1) is 0 Å². The summed E-state index contributed by atoms with van der Waals surface area (Å²) in [5, 5.41) is 6.85. The number of nitrogens with zero attached hydrogens (tertiary/aromatic N) is 3. The van der Waals surface area contributed by atoms with Gasteiger partial charge in [0, 0.05) is 51.2 Å². The van der Waals surface area contributed by atoms with Crippen molar-refractivity contribution in [2.75, 3.05) is 46.4 Å². The van der Waals surface area contributed by atoms with Crippen LogP contribution in [0.3, 0.4) is 0 Å². The number of pyridine rings is 1. The molecule has 0 radical (unpaired) electrons. The van der Waals surface area contributed by atoms with E-state index in [1.807, 2.05) is 19.4 Å². The van der Waals surface area contributed by atoms with Gasteiger partial charge in [-0.1, -0.05) is 0 Å². The van der Waals surface area contributed by atoms with Gasteiger partial charge in [0.25, 0.3) is 0 Å². The van der Waals surface area contributed by atoms with Crippen molar-refractivity contribution in [1.29, 1.82) is 0 Å². The molecule has 1 aromatic heterocycles. The molecular formula is C18H31N5O. The molecule has 0 aromatic carbocycles. The third-order valence-electron chi connectivity index (χ3n) is 4.60. The van der Waals surface area contributed by atoms with Crippen molar-refractivity contribution < 1.29 is 4.74 Å². The van der Waals surface area contributed by atoms with E-state index in [4.69, 9.17) is 4.74 Å². The number of nitrogens with one attached hydrogen (secondary N) is 2. The van der Waals surface area contributed by atoms with Crippen molar-refractivity contribution in [3.8, 4) is 0 Å². The summed E-state index contributed by atoms with van der Waals surface area (Å²) < 4.78 is 5.44. The molecule has 6 heteroatoms. The third kappa shape index (κ3) is 5.46. The molecule has 6 nitrogen and oxygen atoms in total. The summed E-state index contributed by atoms with van der Waals surface area (Å²) in [6.45, 7) is 11.9. The van der Waals surface area contributed by atoms with E-state index in [9.17, 15) is 0 Å². The molecule has 0 bridgehead atoms. The first-order valence-corrected chi connectivity index (χ1v) is 8.70. The van der Waals surface area contributed by atoms with E-state index in [0.717, 1.165) is 51.8 Å². The summed E-state index contributed by atoms with van der Waals surface area (Å²) in [6.07, 6.45) is 4.72. The summed E-state index contributed by atoms with van der Waals surface area (Å²) >= 11 is 0. The Balaban J connectivity index is 1.76. The lowest BCUT2D eigenvalue weighted by molar-refractivity contribution is -0.00833. The van der Waals surface area contributed by atoms with Crippen LogP contribution in [-0.4, -0.2) is 67.8 Å². The highest BCUT2D eigenvalue weighted by Crippen LogP contribution is 2.15. The fourth-order valence-corrected chi connectivity index (χ4v) is 2.90. The second-order valence-corrected chi connectivity index (χ2v) is 6.82. The Bertz CT molecular complexity index is 538. The molecule has 24 heavy (non-hydrogen) atoms. The molecule has 1 aromatic rings. The molecule has 2 rings (SSSR count). The molecule has 1 fully saturated rings. The van der Waals surface area contributed by atoms with E-state index in [2.05, 4.69) is 52.3 Å². The molecule has 0 saturated carbocycles. The van der Waals surface area contributed by atoms with Crippen LogP contribution in [0.5, 0.6) is 0 Å². The minimum absolute atomic E-state index is 0.0725. The zero-order valence-corrected chi connectivity index (χ0v) is 15.4. The van der Waals surface area contributed by atoms with Gasteiger partial charge in [-0.3, -0.25) is 14.9 Å². The van der Waals surface area contributed by atoms with Crippen LogP contribution in [-0.2, 0) is 11.2 Å². The first-order valence-electron chi connectivity index (χ1n) is 8.70. The number of morpholine rings is 1. The highest BCUT2D eigenvalue weighted by atomic mass is 16.5. The second-order valence-electron chi connectivity index (χ2n) is 6.82. The highest BCUT2D eigenvalue weighted by Gasteiger charge is 2.28. The summed E-state index contributed by atoms with van der Waals surface area (Å²) in [4.78, 5) is 10.9. The third-order valence-corrected chi connectivity index (χ3v) is 4.60. The Morgan fingerprint density at radius 3 is 2.75 bits per heavy atom. The maximum Gasteiger partial charge on any atom is 0.191 e. The van der Waals surface area contributed by atoms with Crippen molar-refractivity contribution in [2.24, 2.45) is 4.99 Å². The van der Waals surface area contributed by atoms with E-state index in [-0.39, 0.29) is 5.54 Å². The zero-order valence-electron chi connectivity index (χ0n) is 15.4. The predicted molar refractivity (Wildman–Crippen MR) is 98.5 cm³/mol. The van der Waals surface area contributed by atoms with E-state index in [1.54, 1.807) is 0 Å². The van der Waals surface area contributed by atoms with Crippen LogP contribution in [0.25, 0.3) is 0 Å². The van der Waals surface area contributed by atoms with Gasteiger partial charge in [-0.05, 0) is 44.4 Å². The van der Waals surface area contributed by atoms with Gasteiger partial charge in [-0.2, -0.15) is 0 Å². The molecule has 2 heterocycles. The molecular weight excluding hydrogens is 302 g/mol. The van der Waals surface area contributed by atoms with Crippen LogP contribution in [0.4, 0.5) is 0 Å². The van der Waals surface area contributed by atoms with E-state index in [1.165, 1.54) is 11.1 Å². The van der Waals surface area contributed by atoms with Gasteiger partial charge < -0.3 is 15.4 Å². The minimum atomic E-state index is 0.0725. The van der Waals surface area contributed by atoms with Crippen LogP contribution in [0, 0.1) is 6.92 Å². The van der Waals surface area contributed by atoms with Gasteiger partial charge in [0.05, 0.1) is 13.2 Å². The summed E-state index contributed by atoms with van der Waals surface area (Å²) in [5.41, 5.74) is 2.63. The molecule has 134 valence electrons. The lowest BCUT2D eigenvalue weighted by atomic mass is 10.0. The van der Waals surface area contributed by atoms with Crippen LogP contribution in [0.15, 0.2) is 23.5 Å². The first-order chi connectivity index (χ1) is 11.5. The normalized spacial score (nSPS) is 16.9. The number of ether oxygens (including phenoxy) is 1. The summed E-state index contributed by atoms with van der Waals surface area (Å²) in [6, 6.07) is 2.08. The number of hydrogen-bond acceptors (Lipinski definition) is 4. The van der Waals surface area contributed by atoms with Gasteiger partial charge in [0.1, 0.15) is 0 Å². The average Bonchev–Trinajstić information content (AvgIpc) is 2.60. The molecule has 0 atom stereocenters. The first kappa shape index (κ1) is 18.7.